The number of nitrogens with one attached hydrogen (secondary N) is 1. The lowest BCUT2D eigenvalue weighted by atomic mass is 9.88. The van der Waals surface area contributed by atoms with Crippen LogP contribution in [-0.2, 0) is 22.4 Å². The quantitative estimate of drug-likeness (QED) is 0.553. The topological polar surface area (TPSA) is 82.6 Å². The number of aromatic amines is 1. The Labute approximate surface area is 205 Å². The molecule has 2 heterocycles. The van der Waals surface area contributed by atoms with E-state index in [9.17, 15) is 19.1 Å². The van der Waals surface area contributed by atoms with E-state index >= 15 is 0 Å². The highest BCUT2D eigenvalue weighted by atomic mass is 19.1. The number of H-pyrrole nitrogens is 1. The molecule has 2 unspecified atom stereocenters. The van der Waals surface area contributed by atoms with Crippen molar-refractivity contribution >= 4 is 22.6 Å². The van der Waals surface area contributed by atoms with E-state index in [-0.39, 0.29) is 36.5 Å². The van der Waals surface area contributed by atoms with Crippen LogP contribution in [0.2, 0.25) is 0 Å². The van der Waals surface area contributed by atoms with Crippen LogP contribution in [0.15, 0.2) is 42.5 Å². The molecule has 3 aromatic rings. The van der Waals surface area contributed by atoms with Crippen LogP contribution in [-0.4, -0.2) is 46.9 Å². The summed E-state index contributed by atoms with van der Waals surface area (Å²) in [5.41, 5.74) is 3.20. The molecule has 0 fully saturated rings. The number of ketones is 1. The molecule has 6 nitrogen and oxygen atoms in total. The van der Waals surface area contributed by atoms with Gasteiger partial charge in [-0.1, -0.05) is 18.2 Å². The summed E-state index contributed by atoms with van der Waals surface area (Å²) in [7, 11) is 1.62. The maximum Gasteiger partial charge on any atom is 0.220 e. The summed E-state index contributed by atoms with van der Waals surface area (Å²) in [5.74, 6) is 0.0690. The first-order chi connectivity index (χ1) is 16.9. The van der Waals surface area contributed by atoms with Crippen molar-refractivity contribution in [3.8, 4) is 5.75 Å². The van der Waals surface area contributed by atoms with Crippen LogP contribution in [0.5, 0.6) is 5.75 Å². The molecule has 2 aromatic carbocycles. The van der Waals surface area contributed by atoms with Crippen molar-refractivity contribution in [3.05, 3.63) is 65.1 Å². The van der Waals surface area contributed by atoms with Gasteiger partial charge in [0.15, 0.2) is 0 Å². The molecule has 186 valence electrons. The number of aromatic nitrogens is 1. The van der Waals surface area contributed by atoms with E-state index in [1.54, 1.807) is 30.2 Å². The standard InChI is InChI=1S/C28H33FN2O4/c1-18(33)31-14-6-9-19(27(34)15-20-7-3-4-11-24(20)29)8-5-10-23-22-13-12-21(35-2)16-25(22)30-28(23)26(31)17-32/h3-4,7,11-13,16,19,26,30,32H,5-6,8-10,14-15,17H2,1-2H3. The zero-order valence-corrected chi connectivity index (χ0v) is 20.4. The number of carbonyl (C=O) groups excluding carboxylic acids is 2. The lowest BCUT2D eigenvalue weighted by molar-refractivity contribution is -0.132. The Kier molecular flexibility index (Phi) is 7.86. The Hall–Kier alpha value is -3.19. The van der Waals surface area contributed by atoms with Gasteiger partial charge < -0.3 is 19.7 Å². The van der Waals surface area contributed by atoms with Crippen LogP contribution in [0.4, 0.5) is 4.39 Å². The molecule has 0 saturated heterocycles. The number of methoxy groups -OCH3 is 1. The predicted molar refractivity (Wildman–Crippen MR) is 133 cm³/mol. The molecule has 1 aliphatic heterocycles. The van der Waals surface area contributed by atoms with Gasteiger partial charge in [-0.15, -0.1) is 0 Å². The molecule has 0 saturated carbocycles. The van der Waals surface area contributed by atoms with Crippen LogP contribution in [0.1, 0.15) is 55.5 Å². The zero-order valence-electron chi connectivity index (χ0n) is 20.4. The lowest BCUT2D eigenvalue weighted by Crippen LogP contribution is -2.36. The van der Waals surface area contributed by atoms with E-state index in [2.05, 4.69) is 4.98 Å². The fourth-order valence-electron chi connectivity index (χ4n) is 5.29. The van der Waals surface area contributed by atoms with Gasteiger partial charge in [0.05, 0.1) is 19.8 Å². The Morgan fingerprint density at radius 3 is 2.66 bits per heavy atom. The fourth-order valence-corrected chi connectivity index (χ4v) is 5.29. The number of fused-ring (bicyclic) bond motifs is 3. The number of carbonyl (C=O) groups is 2. The average Bonchev–Trinajstić information content (AvgIpc) is 3.19. The zero-order chi connectivity index (χ0) is 24.9. The van der Waals surface area contributed by atoms with Crippen LogP contribution in [0, 0.1) is 11.7 Å². The van der Waals surface area contributed by atoms with E-state index in [4.69, 9.17) is 4.74 Å². The predicted octanol–water partition coefficient (Wildman–Crippen LogP) is 4.74. The summed E-state index contributed by atoms with van der Waals surface area (Å²) < 4.78 is 19.5. The van der Waals surface area contributed by atoms with E-state index < -0.39 is 6.04 Å². The third-order valence-electron chi connectivity index (χ3n) is 7.14. The van der Waals surface area contributed by atoms with Gasteiger partial charge >= 0.3 is 0 Å². The smallest absolute Gasteiger partial charge is 0.220 e. The summed E-state index contributed by atoms with van der Waals surface area (Å²) in [6.07, 6.45) is 3.50. The fraction of sp³-hybridized carbons (Fsp3) is 0.429. The second-order valence-electron chi connectivity index (χ2n) is 9.31. The molecule has 2 atom stereocenters. The third kappa shape index (κ3) is 5.40. The SMILES string of the molecule is COc1ccc2c3c([nH]c2c1)C(CO)N(C(C)=O)CCCC(C(=O)Cc1ccccc1F)CCC3. The van der Waals surface area contributed by atoms with Gasteiger partial charge in [-0.05, 0) is 61.4 Å². The van der Waals surface area contributed by atoms with E-state index in [1.807, 2.05) is 18.2 Å². The number of halogens is 1. The number of benzene rings is 2. The van der Waals surface area contributed by atoms with Gasteiger partial charge in [-0.2, -0.15) is 0 Å². The number of aliphatic hydroxyl groups is 1. The Bertz CT molecular complexity index is 1200. The van der Waals surface area contributed by atoms with Crippen LogP contribution in [0.25, 0.3) is 10.9 Å². The number of aryl methyl sites for hydroxylation is 1. The molecule has 1 amide bonds. The van der Waals surface area contributed by atoms with E-state index in [1.165, 1.54) is 13.0 Å². The number of rotatable bonds is 5. The molecule has 7 heteroatoms. The number of aliphatic hydroxyl groups excluding tert-OH is 1. The van der Waals surface area contributed by atoms with Crippen LogP contribution >= 0.6 is 0 Å². The minimum absolute atomic E-state index is 0.0336. The highest BCUT2D eigenvalue weighted by Crippen LogP contribution is 2.34. The van der Waals surface area contributed by atoms with Crippen molar-refractivity contribution in [2.75, 3.05) is 20.3 Å². The maximum atomic E-state index is 14.2. The largest absolute Gasteiger partial charge is 0.497 e. The average molecular weight is 481 g/mol. The molecule has 2 N–H and O–H groups in total. The number of hydrogen-bond acceptors (Lipinski definition) is 4. The second kappa shape index (κ2) is 11.0. The highest BCUT2D eigenvalue weighted by Gasteiger charge is 2.29. The van der Waals surface area contributed by atoms with Crippen molar-refractivity contribution < 1.29 is 23.8 Å². The molecule has 0 bridgehead atoms. The second-order valence-corrected chi connectivity index (χ2v) is 9.31. The molecule has 0 aliphatic carbocycles. The summed E-state index contributed by atoms with van der Waals surface area (Å²) in [6, 6.07) is 11.7. The van der Waals surface area contributed by atoms with Crippen molar-refractivity contribution in [1.29, 1.82) is 0 Å². The van der Waals surface area contributed by atoms with E-state index in [0.717, 1.165) is 34.3 Å². The summed E-state index contributed by atoms with van der Waals surface area (Å²) in [5, 5.41) is 11.4. The van der Waals surface area contributed by atoms with Gasteiger partial charge in [0.2, 0.25) is 5.91 Å². The van der Waals surface area contributed by atoms with E-state index in [0.29, 0.717) is 37.8 Å². The molecule has 1 aliphatic rings. The first-order valence-corrected chi connectivity index (χ1v) is 12.3. The van der Waals surface area contributed by atoms with Gasteiger partial charge in [-0.25, -0.2) is 4.39 Å². The number of amides is 1. The normalized spacial score (nSPS) is 19.1. The molecule has 0 spiro atoms. The summed E-state index contributed by atoms with van der Waals surface area (Å²) in [6.45, 7) is 1.74. The first kappa shape index (κ1) is 24.9. The van der Waals surface area contributed by atoms with Gasteiger partial charge in [0, 0.05) is 48.5 Å². The van der Waals surface area contributed by atoms with Crippen molar-refractivity contribution in [2.24, 2.45) is 5.92 Å². The van der Waals surface area contributed by atoms with Gasteiger partial charge in [0.1, 0.15) is 17.3 Å². The molecule has 1 aromatic heterocycles. The minimum Gasteiger partial charge on any atom is -0.497 e. The highest BCUT2D eigenvalue weighted by molar-refractivity contribution is 5.87. The molecular weight excluding hydrogens is 447 g/mol. The molecular formula is C28H33FN2O4. The molecule has 4 rings (SSSR count). The Balaban J connectivity index is 1.66. The number of hydrogen-bond donors (Lipinski definition) is 2. The van der Waals surface area contributed by atoms with Crippen LogP contribution in [0.3, 0.4) is 0 Å². The Morgan fingerprint density at radius 2 is 1.94 bits per heavy atom. The van der Waals surface area contributed by atoms with Gasteiger partial charge in [0.25, 0.3) is 0 Å². The molecule has 0 radical (unpaired) electrons. The molecule has 35 heavy (non-hydrogen) atoms. The van der Waals surface area contributed by atoms with Gasteiger partial charge in [-0.3, -0.25) is 9.59 Å². The lowest BCUT2D eigenvalue weighted by Gasteiger charge is -2.30. The van der Waals surface area contributed by atoms with Crippen molar-refractivity contribution in [2.45, 2.75) is 51.5 Å². The summed E-state index contributed by atoms with van der Waals surface area (Å²) in [4.78, 5) is 30.9. The monoisotopic (exact) mass is 480 g/mol. The first-order valence-electron chi connectivity index (χ1n) is 12.3. The minimum atomic E-state index is -0.494. The van der Waals surface area contributed by atoms with Crippen LogP contribution < -0.4 is 4.74 Å². The number of Topliss-reactive ketones (excluding diaryl/α,β-unsaturated/α-hetero) is 1. The Morgan fingerprint density at radius 1 is 1.17 bits per heavy atom. The number of ether oxygens (including phenoxy) is 1. The summed E-state index contributed by atoms with van der Waals surface area (Å²) >= 11 is 0. The van der Waals surface area contributed by atoms with Crippen molar-refractivity contribution in [3.63, 3.8) is 0 Å². The third-order valence-corrected chi connectivity index (χ3v) is 7.14. The maximum absolute atomic E-state index is 14.2. The van der Waals surface area contributed by atoms with Crippen molar-refractivity contribution in [1.82, 2.24) is 9.88 Å². The number of nitrogens with zero attached hydrogens (tertiary/aromatic N) is 1.